The number of carbonyl (C=O) groups excluding carboxylic acids is 2. The van der Waals surface area contributed by atoms with Crippen LogP contribution in [0.4, 0.5) is 15.6 Å². The fourth-order valence-electron chi connectivity index (χ4n) is 4.34. The number of amides is 2. The number of hydrazone groups is 1. The van der Waals surface area contributed by atoms with Crippen LogP contribution in [0.2, 0.25) is 0 Å². The lowest BCUT2D eigenvalue weighted by Gasteiger charge is -2.33. The first-order chi connectivity index (χ1) is 21.1. The van der Waals surface area contributed by atoms with Crippen LogP contribution >= 0.6 is 27.3 Å². The summed E-state index contributed by atoms with van der Waals surface area (Å²) < 4.78 is 34.5. The van der Waals surface area contributed by atoms with E-state index in [2.05, 4.69) is 26.0 Å². The third kappa shape index (κ3) is 6.77. The van der Waals surface area contributed by atoms with Gasteiger partial charge in [-0.1, -0.05) is 27.3 Å². The second-order valence-electron chi connectivity index (χ2n) is 9.43. The van der Waals surface area contributed by atoms with Crippen molar-refractivity contribution in [3.8, 4) is 0 Å². The van der Waals surface area contributed by atoms with Gasteiger partial charge in [0.2, 0.25) is 15.2 Å². The first kappa shape index (κ1) is 31.2. The molecule has 0 spiro atoms. The molecule has 0 N–H and O–H groups in total. The summed E-state index contributed by atoms with van der Waals surface area (Å²) in [7, 11) is -3.88. The first-order valence-electron chi connectivity index (χ1n) is 13.3. The van der Waals surface area contributed by atoms with E-state index in [0.717, 1.165) is 14.2 Å². The molecule has 228 valence electrons. The Morgan fingerprint density at radius 1 is 1.09 bits per heavy atom. The third-order valence-electron chi connectivity index (χ3n) is 6.64. The predicted octanol–water partition coefficient (Wildman–Crippen LogP) is 5.11. The summed E-state index contributed by atoms with van der Waals surface area (Å²) in [6.45, 7) is 2.57. The Kier molecular flexibility index (Phi) is 9.33. The van der Waals surface area contributed by atoms with Crippen LogP contribution in [-0.4, -0.2) is 78.5 Å². The van der Waals surface area contributed by atoms with Gasteiger partial charge in [-0.2, -0.15) is 14.4 Å². The van der Waals surface area contributed by atoms with Crippen molar-refractivity contribution in [3.05, 3.63) is 92.4 Å². The van der Waals surface area contributed by atoms with Crippen LogP contribution in [0.15, 0.2) is 81.2 Å². The number of nitro groups is 1. The van der Waals surface area contributed by atoms with Crippen molar-refractivity contribution < 1.29 is 27.7 Å². The maximum Gasteiger partial charge on any atom is 0.409 e. The molecular weight excluding hydrogens is 676 g/mol. The number of rotatable bonds is 8. The Hall–Kier alpha value is -4.25. The molecule has 3 aromatic carbocycles. The molecule has 1 saturated heterocycles. The number of ether oxygens (including phenoxy) is 1. The Morgan fingerprint density at radius 2 is 1.77 bits per heavy atom. The zero-order valence-corrected chi connectivity index (χ0v) is 26.4. The molecule has 1 aromatic heterocycles. The summed E-state index contributed by atoms with van der Waals surface area (Å²) >= 11 is 4.67. The van der Waals surface area contributed by atoms with Gasteiger partial charge in [-0.25, -0.2) is 18.2 Å². The van der Waals surface area contributed by atoms with Crippen LogP contribution in [0.5, 0.6) is 0 Å². The van der Waals surface area contributed by atoms with E-state index in [1.807, 2.05) is 12.1 Å². The lowest BCUT2D eigenvalue weighted by atomic mass is 10.2. The smallest absolute Gasteiger partial charge is 0.409 e. The van der Waals surface area contributed by atoms with Gasteiger partial charge >= 0.3 is 6.09 Å². The standard InChI is InChI=1S/C28H25BrN6O7S2/c1-2-42-28(37)32-13-15-33(16-14-32)44(40,41)23-10-5-20(6-11-23)26(36)34(27-31-24-12-7-21(29)17-25(24)43-27)30-18-19-3-8-22(9-4-19)35(38)39/h3-12,17-18H,2,13-16H2,1H3/b30-18+. The Morgan fingerprint density at radius 3 is 2.41 bits per heavy atom. The van der Waals surface area contributed by atoms with Crippen LogP contribution < -0.4 is 5.01 Å². The Labute approximate surface area is 264 Å². The van der Waals surface area contributed by atoms with Crippen molar-refractivity contribution in [2.75, 3.05) is 37.8 Å². The van der Waals surface area contributed by atoms with E-state index in [9.17, 15) is 28.1 Å². The highest BCUT2D eigenvalue weighted by atomic mass is 79.9. The highest BCUT2D eigenvalue weighted by Crippen LogP contribution is 2.32. The summed E-state index contributed by atoms with van der Waals surface area (Å²) in [5.74, 6) is -0.562. The van der Waals surface area contributed by atoms with E-state index in [-0.39, 0.29) is 54.1 Å². The summed E-state index contributed by atoms with van der Waals surface area (Å²) in [6.07, 6.45) is 0.909. The minimum absolute atomic E-state index is 0.00408. The monoisotopic (exact) mass is 700 g/mol. The van der Waals surface area contributed by atoms with E-state index in [0.29, 0.717) is 11.1 Å². The highest BCUT2D eigenvalue weighted by Gasteiger charge is 2.31. The van der Waals surface area contributed by atoms with E-state index in [1.54, 1.807) is 13.0 Å². The SMILES string of the molecule is CCOC(=O)N1CCN(S(=O)(=O)c2ccc(C(=O)N(/N=C/c3ccc([N+](=O)[O-])cc3)c3nc4ccc(Br)cc4s3)cc2)CC1. The van der Waals surface area contributed by atoms with Gasteiger partial charge in [0, 0.05) is 48.3 Å². The number of nitrogens with zero attached hydrogens (tertiary/aromatic N) is 6. The molecule has 2 heterocycles. The molecule has 0 saturated carbocycles. The lowest BCUT2D eigenvalue weighted by Crippen LogP contribution is -2.50. The van der Waals surface area contributed by atoms with Crippen molar-refractivity contribution in [1.82, 2.24) is 14.2 Å². The molecule has 44 heavy (non-hydrogen) atoms. The molecular formula is C28H25BrN6O7S2. The highest BCUT2D eigenvalue weighted by molar-refractivity contribution is 9.10. The van der Waals surface area contributed by atoms with Gasteiger partial charge in [0.1, 0.15) is 0 Å². The number of piperazine rings is 1. The second kappa shape index (κ2) is 13.2. The molecule has 0 atom stereocenters. The van der Waals surface area contributed by atoms with Crippen molar-refractivity contribution in [3.63, 3.8) is 0 Å². The van der Waals surface area contributed by atoms with Crippen molar-refractivity contribution in [2.45, 2.75) is 11.8 Å². The molecule has 4 aromatic rings. The topological polar surface area (TPSA) is 156 Å². The first-order valence-corrected chi connectivity index (χ1v) is 16.3. The largest absolute Gasteiger partial charge is 0.450 e. The second-order valence-corrected chi connectivity index (χ2v) is 13.3. The number of halogens is 1. The lowest BCUT2D eigenvalue weighted by molar-refractivity contribution is -0.384. The van der Waals surface area contributed by atoms with Crippen molar-refractivity contribution in [1.29, 1.82) is 0 Å². The van der Waals surface area contributed by atoms with Crippen LogP contribution in [-0.2, 0) is 14.8 Å². The average molecular weight is 702 g/mol. The van der Waals surface area contributed by atoms with Crippen molar-refractivity contribution in [2.24, 2.45) is 5.10 Å². The molecule has 16 heteroatoms. The van der Waals surface area contributed by atoms with E-state index >= 15 is 0 Å². The average Bonchev–Trinajstić information content (AvgIpc) is 3.44. The number of anilines is 1. The number of aromatic nitrogens is 1. The normalized spacial score (nSPS) is 14.2. The number of non-ortho nitro benzene ring substituents is 1. The number of benzene rings is 3. The van der Waals surface area contributed by atoms with Gasteiger partial charge in [0.25, 0.3) is 11.6 Å². The number of carbonyl (C=O) groups is 2. The van der Waals surface area contributed by atoms with Crippen LogP contribution in [0.3, 0.4) is 0 Å². The van der Waals surface area contributed by atoms with E-state index in [1.165, 1.54) is 75.3 Å². The zero-order valence-electron chi connectivity index (χ0n) is 23.2. The Bertz CT molecular complexity index is 1840. The minimum atomic E-state index is -3.88. The zero-order chi connectivity index (χ0) is 31.4. The molecule has 0 bridgehead atoms. The van der Waals surface area contributed by atoms with Gasteiger partial charge in [0.15, 0.2) is 0 Å². The molecule has 1 aliphatic rings. The van der Waals surface area contributed by atoms with Gasteiger partial charge in [-0.15, -0.1) is 0 Å². The predicted molar refractivity (Wildman–Crippen MR) is 169 cm³/mol. The number of sulfonamides is 1. The van der Waals surface area contributed by atoms with Gasteiger partial charge in [-0.05, 0) is 67.1 Å². The van der Waals surface area contributed by atoms with Crippen LogP contribution in [0.1, 0.15) is 22.8 Å². The quantitative estimate of drug-likeness (QED) is 0.139. The maximum absolute atomic E-state index is 13.7. The summed E-state index contributed by atoms with van der Waals surface area (Å²) in [5, 5.41) is 16.8. The van der Waals surface area contributed by atoms with Crippen molar-refractivity contribution >= 4 is 76.5 Å². The van der Waals surface area contributed by atoms with Gasteiger partial charge in [0.05, 0.1) is 32.9 Å². The van der Waals surface area contributed by atoms with E-state index < -0.39 is 26.9 Å². The molecule has 5 rings (SSSR count). The van der Waals surface area contributed by atoms with Crippen LogP contribution in [0, 0.1) is 10.1 Å². The summed E-state index contributed by atoms with van der Waals surface area (Å²) in [4.78, 5) is 42.2. The fraction of sp³-hybridized carbons (Fsp3) is 0.214. The van der Waals surface area contributed by atoms with Gasteiger partial charge in [-0.3, -0.25) is 14.9 Å². The molecule has 1 aliphatic heterocycles. The number of fused-ring (bicyclic) bond motifs is 1. The summed E-state index contributed by atoms with van der Waals surface area (Å²) in [6, 6.07) is 16.7. The molecule has 1 fully saturated rings. The molecule has 13 nitrogen and oxygen atoms in total. The summed E-state index contributed by atoms with van der Waals surface area (Å²) in [5.41, 5.74) is 1.25. The molecule has 0 radical (unpaired) electrons. The Balaban J connectivity index is 1.39. The van der Waals surface area contributed by atoms with E-state index in [4.69, 9.17) is 4.74 Å². The molecule has 0 aliphatic carbocycles. The third-order valence-corrected chi connectivity index (χ3v) is 10.0. The molecule has 2 amide bonds. The minimum Gasteiger partial charge on any atom is -0.450 e. The number of nitro benzene ring substituents is 1. The number of hydrogen-bond donors (Lipinski definition) is 0. The number of thiazole rings is 1. The number of hydrogen-bond acceptors (Lipinski definition) is 10. The molecule has 0 unspecified atom stereocenters. The van der Waals surface area contributed by atoms with Gasteiger partial charge < -0.3 is 9.64 Å². The van der Waals surface area contributed by atoms with Crippen LogP contribution in [0.25, 0.3) is 10.2 Å². The maximum atomic E-state index is 13.7. The fourth-order valence-corrected chi connectivity index (χ4v) is 7.23.